The number of thiophene rings is 1. The number of hydrogen-bond acceptors (Lipinski definition) is 3. The van der Waals surface area contributed by atoms with Gasteiger partial charge < -0.3 is 10.2 Å². The molecule has 0 radical (unpaired) electrons. The van der Waals surface area contributed by atoms with Crippen LogP contribution < -0.4 is 10.2 Å². The number of para-hydroxylation sites is 1. The van der Waals surface area contributed by atoms with E-state index in [1.165, 1.54) is 86.6 Å². The maximum atomic E-state index is 3.85. The lowest BCUT2D eigenvalue weighted by molar-refractivity contribution is 0.923. The lowest BCUT2D eigenvalue weighted by Gasteiger charge is -2.29. The van der Waals surface area contributed by atoms with Crippen LogP contribution in [0, 0.1) is 0 Å². The molecule has 1 atom stereocenters. The van der Waals surface area contributed by atoms with Crippen molar-refractivity contribution in [3.8, 4) is 22.3 Å². The molecule has 0 spiro atoms. The van der Waals surface area contributed by atoms with Gasteiger partial charge in [0.25, 0.3) is 0 Å². The molecule has 0 amide bonds. The van der Waals surface area contributed by atoms with Gasteiger partial charge in [-0.1, -0.05) is 121 Å². The van der Waals surface area contributed by atoms with Crippen LogP contribution in [0.3, 0.4) is 0 Å². The predicted octanol–water partition coefficient (Wildman–Crippen LogP) is 11.6. The third-order valence-electron chi connectivity index (χ3n) is 9.39. The monoisotopic (exact) mass is 578 g/mol. The summed E-state index contributed by atoms with van der Waals surface area (Å²) in [4.78, 5) is 2.46. The van der Waals surface area contributed by atoms with Gasteiger partial charge in [0, 0.05) is 10.1 Å². The summed E-state index contributed by atoms with van der Waals surface area (Å²) in [5.41, 5.74) is 8.89. The van der Waals surface area contributed by atoms with Crippen molar-refractivity contribution in [2.45, 2.75) is 6.17 Å². The molecule has 0 saturated carbocycles. The Morgan fingerprint density at radius 2 is 1.23 bits per heavy atom. The van der Waals surface area contributed by atoms with Gasteiger partial charge in [0.05, 0.1) is 11.4 Å². The largest absolute Gasteiger partial charge is 0.359 e. The second kappa shape index (κ2) is 9.06. The maximum absolute atomic E-state index is 3.85. The Morgan fingerprint density at radius 3 is 2.02 bits per heavy atom. The lowest BCUT2D eigenvalue weighted by atomic mass is 9.84. The lowest BCUT2D eigenvalue weighted by Crippen LogP contribution is -2.31. The van der Waals surface area contributed by atoms with Crippen molar-refractivity contribution in [2.24, 2.45) is 0 Å². The average molecular weight is 579 g/mol. The normalized spacial score (nSPS) is 15.1. The Kier molecular flexibility index (Phi) is 4.96. The smallest absolute Gasteiger partial charge is 0.124 e. The van der Waals surface area contributed by atoms with Gasteiger partial charge in [-0.2, -0.15) is 0 Å². The number of nitrogens with one attached hydrogen (secondary N) is 1. The molecular formula is C41H26N2S. The Balaban J connectivity index is 1.23. The fourth-order valence-electron chi connectivity index (χ4n) is 7.50. The van der Waals surface area contributed by atoms with Gasteiger partial charge >= 0.3 is 0 Å². The number of fused-ring (bicyclic) bond motifs is 10. The van der Waals surface area contributed by atoms with E-state index in [0.717, 1.165) is 0 Å². The minimum Gasteiger partial charge on any atom is -0.359 e. The Hall–Kier alpha value is -5.38. The second-order valence-corrected chi connectivity index (χ2v) is 12.8. The molecule has 206 valence electrons. The SMILES string of the molecule is C1=CC2Nc3c(sc4ccc(-c5c6ccccc6c(-c6cccc7ccccc67)c6ccccc56)cc34)N2c2ccccc21. The number of rotatable bonds is 2. The minimum absolute atomic E-state index is 0.140. The first-order chi connectivity index (χ1) is 21.8. The molecule has 1 unspecified atom stereocenters. The van der Waals surface area contributed by atoms with Crippen LogP contribution in [-0.2, 0) is 0 Å². The van der Waals surface area contributed by atoms with E-state index in [1.807, 2.05) is 11.3 Å². The van der Waals surface area contributed by atoms with Crippen molar-refractivity contribution < 1.29 is 0 Å². The molecule has 0 bridgehead atoms. The summed E-state index contributed by atoms with van der Waals surface area (Å²) >= 11 is 1.88. The highest BCUT2D eigenvalue weighted by molar-refractivity contribution is 7.24. The van der Waals surface area contributed by atoms with Crippen molar-refractivity contribution in [2.75, 3.05) is 10.2 Å². The Bertz CT molecular complexity index is 2440. The van der Waals surface area contributed by atoms with Crippen molar-refractivity contribution >= 4 is 76.2 Å². The molecule has 44 heavy (non-hydrogen) atoms. The molecule has 2 aliphatic heterocycles. The molecule has 2 aliphatic rings. The van der Waals surface area contributed by atoms with E-state index in [-0.39, 0.29) is 6.17 Å². The summed E-state index contributed by atoms with van der Waals surface area (Å²) in [5.74, 6) is 0. The standard InChI is InChI=1S/C41H26N2S/c1-3-13-28-25(10-1)12-9-18-29(28)39-32-16-6-4-14-30(32)38(31-15-5-7-17-33(31)39)27-20-22-36-34(24-27)40-41(44-36)43-35-19-8-2-11-26(35)21-23-37(43)42-40/h1-24,37,42H. The molecule has 0 fully saturated rings. The molecule has 0 aliphatic carbocycles. The first-order valence-corrected chi connectivity index (χ1v) is 16.0. The Labute approximate surface area is 259 Å². The molecule has 7 aromatic carbocycles. The maximum Gasteiger partial charge on any atom is 0.124 e. The number of anilines is 3. The van der Waals surface area contributed by atoms with Crippen LogP contribution in [0.25, 0.3) is 70.7 Å². The van der Waals surface area contributed by atoms with Crippen LogP contribution in [0.5, 0.6) is 0 Å². The van der Waals surface area contributed by atoms with E-state index in [4.69, 9.17) is 0 Å². The highest BCUT2D eigenvalue weighted by atomic mass is 32.1. The summed E-state index contributed by atoms with van der Waals surface area (Å²) in [5, 5.41) is 14.1. The van der Waals surface area contributed by atoms with E-state index in [2.05, 4.69) is 156 Å². The van der Waals surface area contributed by atoms with Gasteiger partial charge in [-0.15, -0.1) is 11.3 Å². The summed E-state index contributed by atoms with van der Waals surface area (Å²) in [6.45, 7) is 0. The van der Waals surface area contributed by atoms with Gasteiger partial charge in [-0.25, -0.2) is 0 Å². The van der Waals surface area contributed by atoms with Gasteiger partial charge in [-0.3, -0.25) is 0 Å². The van der Waals surface area contributed by atoms with E-state index >= 15 is 0 Å². The second-order valence-electron chi connectivity index (χ2n) is 11.7. The van der Waals surface area contributed by atoms with Crippen molar-refractivity contribution in [1.29, 1.82) is 0 Å². The van der Waals surface area contributed by atoms with Gasteiger partial charge in [0.2, 0.25) is 0 Å². The zero-order valence-corrected chi connectivity index (χ0v) is 24.6. The third-order valence-corrected chi connectivity index (χ3v) is 10.6. The molecule has 3 heterocycles. The van der Waals surface area contributed by atoms with Gasteiger partial charge in [0.1, 0.15) is 11.2 Å². The van der Waals surface area contributed by atoms with Gasteiger partial charge in [-0.05, 0) is 84.4 Å². The summed E-state index contributed by atoms with van der Waals surface area (Å²) in [6.07, 6.45) is 4.65. The fourth-order valence-corrected chi connectivity index (χ4v) is 8.69. The van der Waals surface area contributed by atoms with Crippen LogP contribution in [0.15, 0.2) is 140 Å². The average Bonchev–Trinajstić information content (AvgIpc) is 3.63. The van der Waals surface area contributed by atoms with Crippen molar-refractivity contribution in [3.05, 3.63) is 145 Å². The first-order valence-electron chi connectivity index (χ1n) is 15.1. The molecular weight excluding hydrogens is 553 g/mol. The predicted molar refractivity (Wildman–Crippen MR) is 190 cm³/mol. The molecule has 1 aromatic heterocycles. The van der Waals surface area contributed by atoms with E-state index in [1.54, 1.807) is 0 Å². The first kappa shape index (κ1) is 24.1. The molecule has 3 heteroatoms. The molecule has 2 nitrogen and oxygen atoms in total. The van der Waals surface area contributed by atoms with E-state index < -0.39 is 0 Å². The third kappa shape index (κ3) is 3.30. The summed E-state index contributed by atoms with van der Waals surface area (Å²) in [7, 11) is 0. The van der Waals surface area contributed by atoms with Crippen molar-refractivity contribution in [3.63, 3.8) is 0 Å². The molecule has 1 N–H and O–H groups in total. The zero-order chi connectivity index (χ0) is 28.8. The van der Waals surface area contributed by atoms with Crippen molar-refractivity contribution in [1.82, 2.24) is 0 Å². The number of hydrogen-bond donors (Lipinski definition) is 1. The van der Waals surface area contributed by atoms with E-state index in [0.29, 0.717) is 0 Å². The highest BCUT2D eigenvalue weighted by Crippen LogP contribution is 2.54. The molecule has 0 saturated heterocycles. The van der Waals surface area contributed by atoms with Crippen LogP contribution in [-0.4, -0.2) is 6.17 Å². The quantitative estimate of drug-likeness (QED) is 0.205. The molecule has 10 rings (SSSR count). The topological polar surface area (TPSA) is 15.3 Å². The molecule has 8 aromatic rings. The van der Waals surface area contributed by atoms with Crippen LogP contribution >= 0.6 is 11.3 Å². The minimum atomic E-state index is 0.140. The summed E-state index contributed by atoms with van der Waals surface area (Å²) < 4.78 is 1.30. The van der Waals surface area contributed by atoms with Gasteiger partial charge in [0.15, 0.2) is 0 Å². The fraction of sp³-hybridized carbons (Fsp3) is 0.0244. The number of benzene rings is 7. The van der Waals surface area contributed by atoms with Crippen LogP contribution in [0.4, 0.5) is 16.4 Å². The highest BCUT2D eigenvalue weighted by Gasteiger charge is 2.35. The Morgan fingerprint density at radius 1 is 0.568 bits per heavy atom. The van der Waals surface area contributed by atoms with Crippen LogP contribution in [0.1, 0.15) is 5.56 Å². The summed E-state index contributed by atoms with van der Waals surface area (Å²) in [6, 6.07) is 49.1. The zero-order valence-electron chi connectivity index (χ0n) is 23.8. The number of nitrogens with zero attached hydrogens (tertiary/aromatic N) is 1. The van der Waals surface area contributed by atoms with Crippen LogP contribution in [0.2, 0.25) is 0 Å². The van der Waals surface area contributed by atoms with E-state index in [9.17, 15) is 0 Å².